The highest BCUT2D eigenvalue weighted by Crippen LogP contribution is 2.25. The molecule has 0 saturated heterocycles. The van der Waals surface area contributed by atoms with Crippen LogP contribution in [0, 0.1) is 12.7 Å². The van der Waals surface area contributed by atoms with Crippen LogP contribution in [-0.2, 0) is 13.2 Å². The third-order valence-corrected chi connectivity index (χ3v) is 4.36. The first-order chi connectivity index (χ1) is 12.1. The van der Waals surface area contributed by atoms with E-state index in [9.17, 15) is 4.39 Å². The summed E-state index contributed by atoms with van der Waals surface area (Å²) in [5, 5.41) is 3.29. The molecule has 4 heteroatoms. The lowest BCUT2D eigenvalue weighted by Gasteiger charge is -2.14. The fourth-order valence-electron chi connectivity index (χ4n) is 2.44. The monoisotopic (exact) mass is 399 g/mol. The lowest BCUT2D eigenvalue weighted by molar-refractivity contribution is 0.303. The van der Waals surface area contributed by atoms with Crippen LogP contribution in [0.2, 0.25) is 0 Å². The highest BCUT2D eigenvalue weighted by Gasteiger charge is 2.06. The molecule has 0 fully saturated rings. The summed E-state index contributed by atoms with van der Waals surface area (Å²) in [4.78, 5) is 0. The lowest BCUT2D eigenvalue weighted by Crippen LogP contribution is -2.04. The molecule has 3 rings (SSSR count). The molecule has 0 aliphatic heterocycles. The van der Waals surface area contributed by atoms with Gasteiger partial charge in [-0.1, -0.05) is 45.8 Å². The van der Waals surface area contributed by atoms with Gasteiger partial charge in [0.15, 0.2) is 0 Å². The minimum atomic E-state index is -0.241. The van der Waals surface area contributed by atoms with Gasteiger partial charge in [-0.15, -0.1) is 0 Å². The molecule has 0 heterocycles. The van der Waals surface area contributed by atoms with Gasteiger partial charge in [0, 0.05) is 22.3 Å². The molecule has 0 bridgehead atoms. The number of halogens is 2. The van der Waals surface area contributed by atoms with Crippen molar-refractivity contribution in [2.45, 2.75) is 20.1 Å². The van der Waals surface area contributed by atoms with Crippen LogP contribution in [-0.4, -0.2) is 0 Å². The molecule has 0 unspecified atom stereocenters. The molecule has 2 nitrogen and oxygen atoms in total. The van der Waals surface area contributed by atoms with Crippen LogP contribution in [0.3, 0.4) is 0 Å². The third kappa shape index (κ3) is 5.07. The average molecular weight is 400 g/mol. The van der Waals surface area contributed by atoms with Crippen molar-refractivity contribution in [3.63, 3.8) is 0 Å². The van der Waals surface area contributed by atoms with E-state index in [4.69, 9.17) is 4.74 Å². The second kappa shape index (κ2) is 8.17. The number of aryl methyl sites for hydroxylation is 1. The number of hydrogen-bond donors (Lipinski definition) is 1. The molecule has 0 aliphatic rings. The molecule has 0 spiro atoms. The van der Waals surface area contributed by atoms with Crippen LogP contribution in [0.5, 0.6) is 5.75 Å². The number of anilines is 1. The Morgan fingerprint density at radius 3 is 2.40 bits per heavy atom. The van der Waals surface area contributed by atoms with Gasteiger partial charge in [0.05, 0.1) is 0 Å². The van der Waals surface area contributed by atoms with Gasteiger partial charge < -0.3 is 10.1 Å². The molecular formula is C21H19BrFNO. The molecule has 0 atom stereocenters. The van der Waals surface area contributed by atoms with E-state index in [1.54, 1.807) is 12.1 Å². The molecule has 0 radical (unpaired) electrons. The van der Waals surface area contributed by atoms with E-state index in [2.05, 4.69) is 52.4 Å². The first-order valence-electron chi connectivity index (χ1n) is 8.06. The SMILES string of the molecule is Cc1ccc(COc2ccc(Br)cc2CNc2ccc(F)cc2)cc1. The van der Waals surface area contributed by atoms with Crippen LogP contribution in [0.25, 0.3) is 0 Å². The van der Waals surface area contributed by atoms with E-state index in [1.165, 1.54) is 17.7 Å². The Morgan fingerprint density at radius 1 is 0.960 bits per heavy atom. The Bertz CT molecular complexity index is 832. The fraction of sp³-hybridized carbons (Fsp3) is 0.143. The summed E-state index contributed by atoms with van der Waals surface area (Å²) in [7, 11) is 0. The van der Waals surface area contributed by atoms with E-state index in [0.717, 1.165) is 27.0 Å². The molecule has 0 aliphatic carbocycles. The van der Waals surface area contributed by atoms with Crippen molar-refractivity contribution >= 4 is 21.6 Å². The summed E-state index contributed by atoms with van der Waals surface area (Å²) in [5.74, 6) is 0.591. The zero-order chi connectivity index (χ0) is 17.6. The molecule has 3 aromatic rings. The predicted molar refractivity (Wildman–Crippen MR) is 103 cm³/mol. The molecule has 128 valence electrons. The summed E-state index contributed by atoms with van der Waals surface area (Å²) in [6.45, 7) is 3.18. The van der Waals surface area contributed by atoms with Crippen LogP contribution < -0.4 is 10.1 Å². The van der Waals surface area contributed by atoms with E-state index in [1.807, 2.05) is 18.2 Å². The zero-order valence-electron chi connectivity index (χ0n) is 13.9. The highest BCUT2D eigenvalue weighted by molar-refractivity contribution is 9.10. The number of nitrogens with one attached hydrogen (secondary N) is 1. The average Bonchev–Trinajstić information content (AvgIpc) is 2.62. The number of hydrogen-bond acceptors (Lipinski definition) is 2. The Balaban J connectivity index is 1.69. The van der Waals surface area contributed by atoms with E-state index < -0.39 is 0 Å². The van der Waals surface area contributed by atoms with Gasteiger partial charge in [0.1, 0.15) is 18.2 Å². The van der Waals surface area contributed by atoms with Crippen molar-refractivity contribution < 1.29 is 9.13 Å². The molecule has 0 amide bonds. The number of rotatable bonds is 6. The maximum Gasteiger partial charge on any atom is 0.124 e. The maximum absolute atomic E-state index is 13.0. The molecule has 1 N–H and O–H groups in total. The maximum atomic E-state index is 13.0. The molecule has 3 aromatic carbocycles. The Labute approximate surface area is 155 Å². The largest absolute Gasteiger partial charge is 0.489 e. The summed E-state index contributed by atoms with van der Waals surface area (Å²) in [6, 6.07) is 20.6. The van der Waals surface area contributed by atoms with Crippen molar-refractivity contribution in [1.82, 2.24) is 0 Å². The van der Waals surface area contributed by atoms with Gasteiger partial charge in [-0.25, -0.2) is 4.39 Å². The first-order valence-corrected chi connectivity index (χ1v) is 8.86. The minimum absolute atomic E-state index is 0.241. The third-order valence-electron chi connectivity index (χ3n) is 3.86. The second-order valence-electron chi connectivity index (χ2n) is 5.89. The van der Waals surface area contributed by atoms with Crippen LogP contribution >= 0.6 is 15.9 Å². The summed E-state index contributed by atoms with van der Waals surface area (Å²) < 4.78 is 20.0. The van der Waals surface area contributed by atoms with Gasteiger partial charge >= 0.3 is 0 Å². The van der Waals surface area contributed by atoms with Crippen LogP contribution in [0.1, 0.15) is 16.7 Å². The standard InChI is InChI=1S/C21H19BrFNO/c1-15-2-4-16(5-3-15)14-25-21-11-6-18(22)12-17(21)13-24-20-9-7-19(23)8-10-20/h2-12,24H,13-14H2,1H3. The molecule has 0 saturated carbocycles. The summed E-state index contributed by atoms with van der Waals surface area (Å²) in [6.07, 6.45) is 0. The molecular weight excluding hydrogens is 381 g/mol. The van der Waals surface area contributed by atoms with E-state index >= 15 is 0 Å². The second-order valence-corrected chi connectivity index (χ2v) is 6.80. The first kappa shape index (κ1) is 17.5. The summed E-state index contributed by atoms with van der Waals surface area (Å²) in [5.41, 5.74) is 4.26. The topological polar surface area (TPSA) is 21.3 Å². The van der Waals surface area contributed by atoms with Gasteiger partial charge in [0.25, 0.3) is 0 Å². The van der Waals surface area contributed by atoms with Gasteiger partial charge in [-0.05, 0) is 55.0 Å². The number of benzene rings is 3. The Kier molecular flexibility index (Phi) is 5.71. The van der Waals surface area contributed by atoms with E-state index in [-0.39, 0.29) is 5.82 Å². The van der Waals surface area contributed by atoms with Crippen LogP contribution in [0.4, 0.5) is 10.1 Å². The van der Waals surface area contributed by atoms with Crippen molar-refractivity contribution in [2.75, 3.05) is 5.32 Å². The van der Waals surface area contributed by atoms with Crippen molar-refractivity contribution in [2.24, 2.45) is 0 Å². The summed E-state index contributed by atoms with van der Waals surface area (Å²) >= 11 is 3.50. The molecule has 0 aromatic heterocycles. The van der Waals surface area contributed by atoms with Crippen molar-refractivity contribution in [3.8, 4) is 5.75 Å². The Morgan fingerprint density at radius 2 is 1.68 bits per heavy atom. The van der Waals surface area contributed by atoms with Crippen LogP contribution in [0.15, 0.2) is 71.2 Å². The normalized spacial score (nSPS) is 10.5. The Hall–Kier alpha value is -2.33. The lowest BCUT2D eigenvalue weighted by atomic mass is 10.1. The minimum Gasteiger partial charge on any atom is -0.489 e. The van der Waals surface area contributed by atoms with Crippen molar-refractivity contribution in [3.05, 3.63) is 93.7 Å². The predicted octanol–water partition coefficient (Wildman–Crippen LogP) is 6.09. The van der Waals surface area contributed by atoms with Gasteiger partial charge in [-0.2, -0.15) is 0 Å². The number of ether oxygens (including phenoxy) is 1. The van der Waals surface area contributed by atoms with E-state index in [0.29, 0.717) is 13.2 Å². The quantitative estimate of drug-likeness (QED) is 0.541. The van der Waals surface area contributed by atoms with Gasteiger partial charge in [0.2, 0.25) is 0 Å². The van der Waals surface area contributed by atoms with Gasteiger partial charge in [-0.3, -0.25) is 0 Å². The molecule has 25 heavy (non-hydrogen) atoms. The fourth-order valence-corrected chi connectivity index (χ4v) is 2.85. The highest BCUT2D eigenvalue weighted by atomic mass is 79.9. The zero-order valence-corrected chi connectivity index (χ0v) is 15.5. The smallest absolute Gasteiger partial charge is 0.124 e. The van der Waals surface area contributed by atoms with Crippen molar-refractivity contribution in [1.29, 1.82) is 0 Å².